The highest BCUT2D eigenvalue weighted by molar-refractivity contribution is 14.0. The molecule has 2 unspecified atom stereocenters. The fourth-order valence-corrected chi connectivity index (χ4v) is 4.16. The number of thiazole rings is 1. The Kier molecular flexibility index (Phi) is 7.12. The highest BCUT2D eigenvalue weighted by Crippen LogP contribution is 2.31. The van der Waals surface area contributed by atoms with Gasteiger partial charge in [-0.05, 0) is 18.8 Å². The minimum Gasteiger partial charge on any atom is -0.352 e. The van der Waals surface area contributed by atoms with Crippen molar-refractivity contribution in [1.82, 2.24) is 20.5 Å². The van der Waals surface area contributed by atoms with E-state index in [0.29, 0.717) is 12.0 Å². The van der Waals surface area contributed by atoms with Gasteiger partial charge in [0, 0.05) is 43.0 Å². The molecule has 1 saturated heterocycles. The van der Waals surface area contributed by atoms with Crippen LogP contribution in [-0.2, 0) is 12.0 Å². The molecule has 2 fully saturated rings. The molecule has 5 nitrogen and oxygen atoms in total. The lowest BCUT2D eigenvalue weighted by atomic mass is 9.93. The van der Waals surface area contributed by atoms with E-state index in [1.165, 1.54) is 19.4 Å². The summed E-state index contributed by atoms with van der Waals surface area (Å²) < 4.78 is 0. The lowest BCUT2D eigenvalue weighted by molar-refractivity contribution is 0.315. The van der Waals surface area contributed by atoms with Gasteiger partial charge in [0.25, 0.3) is 0 Å². The van der Waals surface area contributed by atoms with Crippen LogP contribution in [0.5, 0.6) is 0 Å². The molecule has 2 N–H and O–H groups in total. The predicted octanol–water partition coefficient (Wildman–Crippen LogP) is 3.21. The molecule has 142 valence electrons. The van der Waals surface area contributed by atoms with E-state index in [0.717, 1.165) is 35.8 Å². The Morgan fingerprint density at radius 3 is 2.64 bits per heavy atom. The van der Waals surface area contributed by atoms with Crippen molar-refractivity contribution in [3.8, 4) is 0 Å². The normalized spacial score (nSPS) is 24.9. The molecule has 2 atom stereocenters. The molecule has 0 amide bonds. The molecule has 1 saturated carbocycles. The van der Waals surface area contributed by atoms with E-state index >= 15 is 0 Å². The van der Waals surface area contributed by atoms with Crippen LogP contribution in [0.4, 0.5) is 0 Å². The fourth-order valence-electron chi connectivity index (χ4n) is 3.20. The first-order valence-electron chi connectivity index (χ1n) is 9.03. The molecule has 0 aromatic carbocycles. The van der Waals surface area contributed by atoms with Gasteiger partial charge in [-0.1, -0.05) is 27.7 Å². The first kappa shape index (κ1) is 20.9. The SMILES string of the molecule is CN=C(NCc1nc(C(C)(C)C)cs1)NC1CN(C2CC2)CC1C.I. The lowest BCUT2D eigenvalue weighted by Crippen LogP contribution is -2.46. The molecule has 1 aromatic heterocycles. The van der Waals surface area contributed by atoms with Gasteiger partial charge in [0.15, 0.2) is 5.96 Å². The van der Waals surface area contributed by atoms with Crippen LogP contribution in [0.15, 0.2) is 10.4 Å². The van der Waals surface area contributed by atoms with E-state index in [1.807, 2.05) is 7.05 Å². The molecule has 2 heterocycles. The summed E-state index contributed by atoms with van der Waals surface area (Å²) in [6.07, 6.45) is 2.76. The van der Waals surface area contributed by atoms with Gasteiger partial charge in [-0.15, -0.1) is 35.3 Å². The van der Waals surface area contributed by atoms with Crippen LogP contribution in [-0.4, -0.2) is 48.1 Å². The fraction of sp³-hybridized carbons (Fsp3) is 0.778. The van der Waals surface area contributed by atoms with Gasteiger partial charge in [-0.3, -0.25) is 9.89 Å². The van der Waals surface area contributed by atoms with Crippen LogP contribution in [0.1, 0.15) is 51.2 Å². The number of hydrogen-bond acceptors (Lipinski definition) is 4. The molecular formula is C18H32IN5S. The molecule has 2 aliphatic rings. The third kappa shape index (κ3) is 5.53. The van der Waals surface area contributed by atoms with E-state index in [2.05, 4.69) is 53.6 Å². The van der Waals surface area contributed by atoms with Crippen LogP contribution in [0.3, 0.4) is 0 Å². The first-order valence-corrected chi connectivity index (χ1v) is 9.91. The summed E-state index contributed by atoms with van der Waals surface area (Å²) in [5.41, 5.74) is 1.27. The maximum absolute atomic E-state index is 4.74. The van der Waals surface area contributed by atoms with Crippen molar-refractivity contribution in [2.75, 3.05) is 20.1 Å². The molecule has 25 heavy (non-hydrogen) atoms. The smallest absolute Gasteiger partial charge is 0.191 e. The Labute approximate surface area is 173 Å². The summed E-state index contributed by atoms with van der Waals surface area (Å²) >= 11 is 1.72. The van der Waals surface area contributed by atoms with Gasteiger partial charge in [-0.25, -0.2) is 4.98 Å². The van der Waals surface area contributed by atoms with Crippen LogP contribution < -0.4 is 10.6 Å². The second-order valence-electron chi connectivity index (χ2n) is 8.22. The van der Waals surface area contributed by atoms with Crippen LogP contribution >= 0.6 is 35.3 Å². The minimum atomic E-state index is 0. The number of hydrogen-bond donors (Lipinski definition) is 2. The number of likely N-dealkylation sites (tertiary alicyclic amines) is 1. The van der Waals surface area contributed by atoms with E-state index < -0.39 is 0 Å². The molecule has 1 aliphatic heterocycles. The first-order chi connectivity index (χ1) is 11.4. The molecule has 7 heteroatoms. The van der Waals surface area contributed by atoms with Crippen molar-refractivity contribution in [3.63, 3.8) is 0 Å². The number of rotatable bonds is 4. The Morgan fingerprint density at radius 2 is 2.08 bits per heavy atom. The van der Waals surface area contributed by atoms with Gasteiger partial charge in [-0.2, -0.15) is 0 Å². The Balaban J connectivity index is 0.00000225. The summed E-state index contributed by atoms with van der Waals surface area (Å²) in [5.74, 6) is 1.55. The zero-order valence-electron chi connectivity index (χ0n) is 16.0. The third-order valence-corrected chi connectivity index (χ3v) is 5.83. The zero-order chi connectivity index (χ0) is 17.3. The number of nitrogens with one attached hydrogen (secondary N) is 2. The highest BCUT2D eigenvalue weighted by atomic mass is 127. The van der Waals surface area contributed by atoms with Gasteiger partial charge < -0.3 is 10.6 Å². The summed E-state index contributed by atoms with van der Waals surface area (Å²) in [6.45, 7) is 12.0. The van der Waals surface area contributed by atoms with Crippen molar-refractivity contribution < 1.29 is 0 Å². The highest BCUT2D eigenvalue weighted by Gasteiger charge is 2.38. The molecule has 1 aromatic rings. The monoisotopic (exact) mass is 477 g/mol. The Hall–Kier alpha value is -0.410. The van der Waals surface area contributed by atoms with E-state index in [4.69, 9.17) is 4.98 Å². The quantitative estimate of drug-likeness (QED) is 0.398. The van der Waals surface area contributed by atoms with Gasteiger partial charge in [0.2, 0.25) is 0 Å². The molecule has 1 aliphatic carbocycles. The average Bonchev–Trinajstić information content (AvgIpc) is 3.14. The number of aliphatic imine (C=N–C) groups is 1. The number of aromatic nitrogens is 1. The van der Waals surface area contributed by atoms with Crippen molar-refractivity contribution in [1.29, 1.82) is 0 Å². The maximum Gasteiger partial charge on any atom is 0.191 e. The van der Waals surface area contributed by atoms with E-state index in [1.54, 1.807) is 11.3 Å². The Morgan fingerprint density at radius 1 is 1.36 bits per heavy atom. The summed E-state index contributed by atoms with van der Waals surface area (Å²) in [4.78, 5) is 11.8. The minimum absolute atomic E-state index is 0. The summed E-state index contributed by atoms with van der Waals surface area (Å²) in [5, 5.41) is 10.3. The number of halogens is 1. The van der Waals surface area contributed by atoms with Gasteiger partial charge in [0.1, 0.15) is 5.01 Å². The van der Waals surface area contributed by atoms with Crippen molar-refractivity contribution >= 4 is 41.3 Å². The largest absolute Gasteiger partial charge is 0.352 e. The van der Waals surface area contributed by atoms with Gasteiger partial charge in [0.05, 0.1) is 12.2 Å². The molecule has 0 bridgehead atoms. The summed E-state index contributed by atoms with van der Waals surface area (Å²) in [7, 11) is 1.84. The van der Waals surface area contributed by atoms with Gasteiger partial charge >= 0.3 is 0 Å². The maximum atomic E-state index is 4.74. The standard InChI is InChI=1S/C18H31N5S.HI/c1-12-9-23(13-6-7-13)10-14(12)21-17(19-5)20-8-16-22-15(11-24-16)18(2,3)4;/h11-14H,6-10H2,1-5H3,(H2,19,20,21);1H. The molecule has 0 radical (unpaired) electrons. The molecule has 0 spiro atoms. The number of nitrogens with zero attached hydrogens (tertiary/aromatic N) is 3. The zero-order valence-corrected chi connectivity index (χ0v) is 19.1. The van der Waals surface area contributed by atoms with Crippen LogP contribution in [0.25, 0.3) is 0 Å². The van der Waals surface area contributed by atoms with E-state index in [9.17, 15) is 0 Å². The van der Waals surface area contributed by atoms with Crippen LogP contribution in [0.2, 0.25) is 0 Å². The molecular weight excluding hydrogens is 445 g/mol. The average molecular weight is 477 g/mol. The van der Waals surface area contributed by atoms with Crippen molar-refractivity contribution in [2.45, 2.75) is 64.6 Å². The second-order valence-corrected chi connectivity index (χ2v) is 9.16. The third-order valence-electron chi connectivity index (χ3n) is 4.98. The second kappa shape index (κ2) is 8.52. The van der Waals surface area contributed by atoms with E-state index in [-0.39, 0.29) is 29.4 Å². The summed E-state index contributed by atoms with van der Waals surface area (Å²) in [6, 6.07) is 1.33. The molecule has 3 rings (SSSR count). The number of guanidine groups is 1. The van der Waals surface area contributed by atoms with Crippen molar-refractivity contribution in [2.24, 2.45) is 10.9 Å². The Bertz CT molecular complexity index is 591. The van der Waals surface area contributed by atoms with Crippen LogP contribution in [0, 0.1) is 5.92 Å². The lowest BCUT2D eigenvalue weighted by Gasteiger charge is -2.20. The predicted molar refractivity (Wildman–Crippen MR) is 117 cm³/mol. The van der Waals surface area contributed by atoms with Crippen molar-refractivity contribution in [3.05, 3.63) is 16.1 Å². The topological polar surface area (TPSA) is 52.6 Å².